The maximum absolute atomic E-state index is 5.99. The molecule has 2 N–H and O–H groups in total. The van der Waals surface area contributed by atoms with Gasteiger partial charge in [-0.3, -0.25) is 4.90 Å². The van der Waals surface area contributed by atoms with Crippen molar-refractivity contribution < 1.29 is 0 Å². The van der Waals surface area contributed by atoms with E-state index in [0.29, 0.717) is 11.0 Å². The number of thiocarbonyl (C=S) groups is 1. The predicted octanol–water partition coefficient (Wildman–Crippen LogP) is 3.96. The summed E-state index contributed by atoms with van der Waals surface area (Å²) in [6.45, 7) is 8.81. The Morgan fingerprint density at radius 2 is 1.90 bits per heavy atom. The third kappa shape index (κ3) is 5.22. The summed E-state index contributed by atoms with van der Waals surface area (Å²) in [7, 11) is 0. The Bertz CT molecular complexity index is 391. The highest BCUT2D eigenvalue weighted by atomic mass is 32.1. The van der Waals surface area contributed by atoms with E-state index in [4.69, 9.17) is 18.0 Å². The van der Waals surface area contributed by atoms with Crippen molar-refractivity contribution in [3.63, 3.8) is 0 Å². The van der Waals surface area contributed by atoms with E-state index < -0.39 is 0 Å². The second kappa shape index (κ2) is 9.09. The van der Waals surface area contributed by atoms with Gasteiger partial charge in [-0.1, -0.05) is 62.8 Å². The van der Waals surface area contributed by atoms with Crippen LogP contribution in [0.4, 0.5) is 0 Å². The monoisotopic (exact) mass is 292 g/mol. The minimum atomic E-state index is 0.150. The van der Waals surface area contributed by atoms with Crippen LogP contribution in [0.2, 0.25) is 0 Å². The van der Waals surface area contributed by atoms with Crippen LogP contribution in [0, 0.1) is 0 Å². The van der Waals surface area contributed by atoms with Gasteiger partial charge >= 0.3 is 0 Å². The fourth-order valence-corrected chi connectivity index (χ4v) is 2.60. The molecule has 1 aromatic rings. The molecule has 2 atom stereocenters. The Hall–Kier alpha value is -0.930. The van der Waals surface area contributed by atoms with Crippen LogP contribution in [0.5, 0.6) is 0 Å². The van der Waals surface area contributed by atoms with Gasteiger partial charge in [0, 0.05) is 18.5 Å². The van der Waals surface area contributed by atoms with Gasteiger partial charge in [0.05, 0.1) is 4.99 Å². The molecule has 1 rings (SSSR count). The summed E-state index contributed by atoms with van der Waals surface area (Å²) < 4.78 is 0. The van der Waals surface area contributed by atoms with E-state index in [1.165, 1.54) is 18.4 Å². The normalized spacial score (nSPS) is 14.2. The maximum atomic E-state index is 5.99. The molecule has 0 saturated carbocycles. The van der Waals surface area contributed by atoms with Crippen molar-refractivity contribution in [3.8, 4) is 0 Å². The molecule has 1 aromatic carbocycles. The standard InChI is InChI=1S/C17H28N2S/c1-4-6-12-19(14(3)5-2)13-16(17(18)20)15-10-8-7-9-11-15/h7-11,14,16H,4-6,12-13H2,1-3H3,(H2,18,20). The molecule has 2 nitrogen and oxygen atoms in total. The topological polar surface area (TPSA) is 29.3 Å². The first-order valence-corrected chi connectivity index (χ1v) is 8.09. The number of benzene rings is 1. The molecule has 0 aliphatic rings. The number of rotatable bonds is 9. The van der Waals surface area contributed by atoms with Crippen LogP contribution in [0.1, 0.15) is 51.5 Å². The number of hydrogen-bond acceptors (Lipinski definition) is 2. The van der Waals surface area contributed by atoms with Crippen LogP contribution < -0.4 is 5.73 Å². The van der Waals surface area contributed by atoms with Gasteiger partial charge in [-0.2, -0.15) is 0 Å². The maximum Gasteiger partial charge on any atom is 0.0816 e. The third-order valence-electron chi connectivity index (χ3n) is 3.98. The van der Waals surface area contributed by atoms with Crippen LogP contribution in [-0.4, -0.2) is 29.0 Å². The highest BCUT2D eigenvalue weighted by molar-refractivity contribution is 7.80. The van der Waals surface area contributed by atoms with Crippen LogP contribution in [0.25, 0.3) is 0 Å². The Kier molecular flexibility index (Phi) is 7.78. The van der Waals surface area contributed by atoms with Crippen molar-refractivity contribution in [1.29, 1.82) is 0 Å². The smallest absolute Gasteiger partial charge is 0.0816 e. The molecule has 0 amide bonds. The van der Waals surface area contributed by atoms with E-state index in [1.54, 1.807) is 0 Å². The van der Waals surface area contributed by atoms with Gasteiger partial charge in [0.1, 0.15) is 0 Å². The fourth-order valence-electron chi connectivity index (χ4n) is 2.39. The molecule has 2 unspecified atom stereocenters. The number of nitrogens with two attached hydrogens (primary N) is 1. The molecule has 0 bridgehead atoms. The molecule has 0 spiro atoms. The van der Waals surface area contributed by atoms with Gasteiger partial charge < -0.3 is 5.73 Å². The number of hydrogen-bond donors (Lipinski definition) is 1. The molecule has 0 heterocycles. The molecular weight excluding hydrogens is 264 g/mol. The highest BCUT2D eigenvalue weighted by Crippen LogP contribution is 2.20. The van der Waals surface area contributed by atoms with Crippen LogP contribution in [0.15, 0.2) is 30.3 Å². The summed E-state index contributed by atoms with van der Waals surface area (Å²) in [4.78, 5) is 3.13. The van der Waals surface area contributed by atoms with Crippen molar-refractivity contribution in [3.05, 3.63) is 35.9 Å². The van der Waals surface area contributed by atoms with E-state index in [2.05, 4.69) is 49.9 Å². The summed E-state index contributed by atoms with van der Waals surface area (Å²) in [5, 5.41) is 0. The Labute approximate surface area is 129 Å². The zero-order valence-electron chi connectivity index (χ0n) is 13.0. The lowest BCUT2D eigenvalue weighted by molar-refractivity contribution is 0.199. The molecule has 0 saturated heterocycles. The molecule has 112 valence electrons. The lowest BCUT2D eigenvalue weighted by Gasteiger charge is -2.32. The molecular formula is C17H28N2S. The minimum Gasteiger partial charge on any atom is -0.393 e. The largest absolute Gasteiger partial charge is 0.393 e. The first-order chi connectivity index (χ1) is 9.60. The lowest BCUT2D eigenvalue weighted by Crippen LogP contribution is -2.39. The molecule has 0 aliphatic carbocycles. The Balaban J connectivity index is 2.83. The van der Waals surface area contributed by atoms with Crippen molar-refractivity contribution in [1.82, 2.24) is 4.90 Å². The number of nitrogens with zero attached hydrogens (tertiary/aromatic N) is 1. The Morgan fingerprint density at radius 3 is 2.40 bits per heavy atom. The molecule has 3 heteroatoms. The minimum absolute atomic E-state index is 0.150. The fraction of sp³-hybridized carbons (Fsp3) is 0.588. The summed E-state index contributed by atoms with van der Waals surface area (Å²) in [6, 6.07) is 11.0. The SMILES string of the molecule is CCCCN(CC(C(N)=S)c1ccccc1)C(C)CC. The number of unbranched alkanes of at least 4 members (excludes halogenated alkanes) is 1. The third-order valence-corrected chi connectivity index (χ3v) is 4.26. The second-order valence-corrected chi connectivity index (χ2v) is 5.94. The van der Waals surface area contributed by atoms with Gasteiger partial charge in [-0.15, -0.1) is 0 Å². The average Bonchev–Trinajstić information content (AvgIpc) is 2.47. The van der Waals surface area contributed by atoms with Crippen molar-refractivity contribution in [2.24, 2.45) is 5.73 Å². The van der Waals surface area contributed by atoms with Gasteiger partial charge in [-0.25, -0.2) is 0 Å². The summed E-state index contributed by atoms with van der Waals surface area (Å²) in [6.07, 6.45) is 3.60. The van der Waals surface area contributed by atoms with E-state index in [1.807, 2.05) is 6.07 Å². The van der Waals surface area contributed by atoms with E-state index in [-0.39, 0.29) is 5.92 Å². The molecule has 0 aliphatic heterocycles. The van der Waals surface area contributed by atoms with Crippen LogP contribution in [0.3, 0.4) is 0 Å². The predicted molar refractivity (Wildman–Crippen MR) is 92.2 cm³/mol. The lowest BCUT2D eigenvalue weighted by atomic mass is 9.97. The molecule has 0 fully saturated rings. The average molecular weight is 292 g/mol. The summed E-state index contributed by atoms with van der Waals surface area (Å²) >= 11 is 5.30. The summed E-state index contributed by atoms with van der Waals surface area (Å²) in [5.41, 5.74) is 7.22. The highest BCUT2D eigenvalue weighted by Gasteiger charge is 2.21. The molecule has 0 radical (unpaired) electrons. The van der Waals surface area contributed by atoms with E-state index >= 15 is 0 Å². The summed E-state index contributed by atoms with van der Waals surface area (Å²) in [5.74, 6) is 0.150. The van der Waals surface area contributed by atoms with Gasteiger partial charge in [0.2, 0.25) is 0 Å². The zero-order chi connectivity index (χ0) is 15.0. The van der Waals surface area contributed by atoms with Crippen molar-refractivity contribution in [2.45, 2.75) is 52.0 Å². The Morgan fingerprint density at radius 1 is 1.25 bits per heavy atom. The van der Waals surface area contributed by atoms with Crippen molar-refractivity contribution >= 4 is 17.2 Å². The quantitative estimate of drug-likeness (QED) is 0.699. The molecule has 20 heavy (non-hydrogen) atoms. The second-order valence-electron chi connectivity index (χ2n) is 5.47. The zero-order valence-corrected chi connectivity index (χ0v) is 13.8. The van der Waals surface area contributed by atoms with Crippen LogP contribution >= 0.6 is 12.2 Å². The van der Waals surface area contributed by atoms with Crippen LogP contribution in [-0.2, 0) is 0 Å². The van der Waals surface area contributed by atoms with E-state index in [9.17, 15) is 0 Å². The van der Waals surface area contributed by atoms with E-state index in [0.717, 1.165) is 19.5 Å². The molecule has 0 aromatic heterocycles. The first kappa shape index (κ1) is 17.1. The van der Waals surface area contributed by atoms with Gasteiger partial charge in [0.25, 0.3) is 0 Å². The van der Waals surface area contributed by atoms with Gasteiger partial charge in [-0.05, 0) is 31.9 Å². The van der Waals surface area contributed by atoms with Gasteiger partial charge in [0.15, 0.2) is 0 Å². The van der Waals surface area contributed by atoms with Crippen molar-refractivity contribution in [2.75, 3.05) is 13.1 Å². The first-order valence-electron chi connectivity index (χ1n) is 7.68.